The number of rotatable bonds is 8. The molecule has 5 nitrogen and oxygen atoms in total. The minimum absolute atomic E-state index is 0.0243. The van der Waals surface area contributed by atoms with Gasteiger partial charge < -0.3 is 15.4 Å². The van der Waals surface area contributed by atoms with Crippen LogP contribution in [0, 0.1) is 0 Å². The highest BCUT2D eigenvalue weighted by Gasteiger charge is 2.20. The van der Waals surface area contributed by atoms with E-state index in [1.807, 2.05) is 6.92 Å². The van der Waals surface area contributed by atoms with Gasteiger partial charge in [-0.1, -0.05) is 6.42 Å². The second kappa shape index (κ2) is 8.91. The van der Waals surface area contributed by atoms with Gasteiger partial charge >= 0.3 is 5.97 Å². The molecule has 1 fully saturated rings. The van der Waals surface area contributed by atoms with E-state index in [0.717, 1.165) is 45.2 Å². The number of hydrogen-bond acceptors (Lipinski definition) is 4. The van der Waals surface area contributed by atoms with Gasteiger partial charge in [0.25, 0.3) is 0 Å². The van der Waals surface area contributed by atoms with Gasteiger partial charge in [-0.05, 0) is 39.2 Å². The van der Waals surface area contributed by atoms with E-state index in [2.05, 4.69) is 10.6 Å². The van der Waals surface area contributed by atoms with E-state index < -0.39 is 0 Å². The summed E-state index contributed by atoms with van der Waals surface area (Å²) in [6.45, 7) is 3.91. The number of amides is 1. The van der Waals surface area contributed by atoms with E-state index in [0.29, 0.717) is 13.0 Å². The van der Waals surface area contributed by atoms with Crippen molar-refractivity contribution in [2.75, 3.05) is 19.7 Å². The summed E-state index contributed by atoms with van der Waals surface area (Å²) in [6, 6.07) is -0.0243. The van der Waals surface area contributed by atoms with Crippen LogP contribution in [-0.4, -0.2) is 37.6 Å². The summed E-state index contributed by atoms with van der Waals surface area (Å²) in [5.41, 5.74) is 0. The van der Waals surface area contributed by atoms with Gasteiger partial charge in [0.1, 0.15) is 0 Å². The summed E-state index contributed by atoms with van der Waals surface area (Å²) in [4.78, 5) is 22.5. The Balaban J connectivity index is 1.95. The molecule has 1 aliphatic heterocycles. The van der Waals surface area contributed by atoms with Gasteiger partial charge in [0.05, 0.1) is 12.6 Å². The largest absolute Gasteiger partial charge is 0.466 e. The average molecular weight is 256 g/mol. The maximum atomic E-state index is 11.4. The predicted octanol–water partition coefficient (Wildman–Crippen LogP) is 0.978. The number of carbonyl (C=O) groups is 2. The van der Waals surface area contributed by atoms with Crippen molar-refractivity contribution in [3.05, 3.63) is 0 Å². The summed E-state index contributed by atoms with van der Waals surface area (Å²) < 4.78 is 4.85. The second-order valence-electron chi connectivity index (χ2n) is 4.56. The van der Waals surface area contributed by atoms with Gasteiger partial charge in [0.2, 0.25) is 5.91 Å². The molecule has 18 heavy (non-hydrogen) atoms. The number of unbranched alkanes of at least 4 members (excludes halogenated alkanes) is 2. The van der Waals surface area contributed by atoms with Crippen molar-refractivity contribution in [2.24, 2.45) is 0 Å². The van der Waals surface area contributed by atoms with E-state index in [9.17, 15) is 9.59 Å². The minimum atomic E-state index is -0.114. The fourth-order valence-corrected chi connectivity index (χ4v) is 2.05. The van der Waals surface area contributed by atoms with Crippen LogP contribution >= 0.6 is 0 Å². The van der Waals surface area contributed by atoms with Crippen LogP contribution in [0.3, 0.4) is 0 Å². The van der Waals surface area contributed by atoms with E-state index in [4.69, 9.17) is 4.74 Å². The third kappa shape index (κ3) is 6.00. The van der Waals surface area contributed by atoms with E-state index >= 15 is 0 Å². The number of carbonyl (C=O) groups excluding carboxylic acids is 2. The molecule has 0 saturated carbocycles. The molecule has 2 N–H and O–H groups in total. The SMILES string of the molecule is CCOC(=O)CCCCCNC1CCCNC1=O. The monoisotopic (exact) mass is 256 g/mol. The zero-order chi connectivity index (χ0) is 13.2. The van der Waals surface area contributed by atoms with Crippen LogP contribution in [-0.2, 0) is 14.3 Å². The molecular formula is C13H24N2O3. The Bertz CT molecular complexity index is 269. The first kappa shape index (κ1) is 15.0. The molecule has 1 aliphatic rings. The van der Waals surface area contributed by atoms with Crippen molar-refractivity contribution in [1.29, 1.82) is 0 Å². The van der Waals surface area contributed by atoms with Crippen LogP contribution in [0.15, 0.2) is 0 Å². The Hall–Kier alpha value is -1.10. The molecule has 0 radical (unpaired) electrons. The van der Waals surface area contributed by atoms with Gasteiger partial charge in [-0.3, -0.25) is 9.59 Å². The number of hydrogen-bond donors (Lipinski definition) is 2. The van der Waals surface area contributed by atoms with E-state index in [1.54, 1.807) is 0 Å². The van der Waals surface area contributed by atoms with Gasteiger partial charge in [0.15, 0.2) is 0 Å². The highest BCUT2D eigenvalue weighted by molar-refractivity contribution is 5.82. The summed E-state index contributed by atoms with van der Waals surface area (Å²) in [5, 5.41) is 6.11. The van der Waals surface area contributed by atoms with E-state index in [1.165, 1.54) is 0 Å². The lowest BCUT2D eigenvalue weighted by atomic mass is 10.1. The quantitative estimate of drug-likeness (QED) is 0.502. The lowest BCUT2D eigenvalue weighted by Gasteiger charge is -2.22. The first-order valence-electron chi connectivity index (χ1n) is 6.90. The number of nitrogens with one attached hydrogen (secondary N) is 2. The zero-order valence-electron chi connectivity index (χ0n) is 11.2. The normalized spacial score (nSPS) is 19.4. The Kier molecular flexibility index (Phi) is 7.41. The topological polar surface area (TPSA) is 67.4 Å². The van der Waals surface area contributed by atoms with Crippen molar-refractivity contribution >= 4 is 11.9 Å². The molecule has 0 bridgehead atoms. The Morgan fingerprint density at radius 2 is 2.28 bits per heavy atom. The van der Waals surface area contributed by atoms with Crippen LogP contribution < -0.4 is 10.6 Å². The lowest BCUT2D eigenvalue weighted by molar-refractivity contribution is -0.143. The van der Waals surface area contributed by atoms with Gasteiger partial charge in [-0.2, -0.15) is 0 Å². The maximum absolute atomic E-state index is 11.4. The lowest BCUT2D eigenvalue weighted by Crippen LogP contribution is -2.48. The van der Waals surface area contributed by atoms with Crippen LogP contribution in [0.2, 0.25) is 0 Å². The highest BCUT2D eigenvalue weighted by atomic mass is 16.5. The Morgan fingerprint density at radius 1 is 1.44 bits per heavy atom. The highest BCUT2D eigenvalue weighted by Crippen LogP contribution is 2.04. The first-order chi connectivity index (χ1) is 8.74. The smallest absolute Gasteiger partial charge is 0.305 e. The molecule has 1 saturated heterocycles. The van der Waals surface area contributed by atoms with Crippen LogP contribution in [0.4, 0.5) is 0 Å². The summed E-state index contributed by atoms with van der Waals surface area (Å²) >= 11 is 0. The molecular weight excluding hydrogens is 232 g/mol. The fourth-order valence-electron chi connectivity index (χ4n) is 2.05. The Morgan fingerprint density at radius 3 is 3.00 bits per heavy atom. The van der Waals surface area contributed by atoms with Crippen molar-refractivity contribution in [1.82, 2.24) is 10.6 Å². The molecule has 0 aromatic rings. The number of piperidine rings is 1. The molecule has 0 aromatic carbocycles. The standard InChI is InChI=1S/C13H24N2O3/c1-2-18-12(16)8-4-3-5-9-14-11-7-6-10-15-13(11)17/h11,14H,2-10H2,1H3,(H,15,17). The third-order valence-electron chi connectivity index (χ3n) is 3.04. The van der Waals surface area contributed by atoms with Crippen LogP contribution in [0.25, 0.3) is 0 Å². The van der Waals surface area contributed by atoms with Crippen molar-refractivity contribution in [3.63, 3.8) is 0 Å². The summed E-state index contributed by atoms with van der Waals surface area (Å²) in [6.07, 6.45) is 5.30. The third-order valence-corrected chi connectivity index (χ3v) is 3.04. The summed E-state index contributed by atoms with van der Waals surface area (Å²) in [7, 11) is 0. The molecule has 1 heterocycles. The van der Waals surface area contributed by atoms with Crippen LogP contribution in [0.1, 0.15) is 45.4 Å². The maximum Gasteiger partial charge on any atom is 0.305 e. The van der Waals surface area contributed by atoms with E-state index in [-0.39, 0.29) is 17.9 Å². The van der Waals surface area contributed by atoms with Gasteiger partial charge in [-0.15, -0.1) is 0 Å². The summed E-state index contributed by atoms with van der Waals surface area (Å²) in [5.74, 6) is 0.00453. The molecule has 1 rings (SSSR count). The predicted molar refractivity (Wildman–Crippen MR) is 69.1 cm³/mol. The van der Waals surface area contributed by atoms with Crippen LogP contribution in [0.5, 0.6) is 0 Å². The molecule has 1 atom stereocenters. The molecule has 0 aromatic heterocycles. The first-order valence-corrected chi connectivity index (χ1v) is 6.90. The Labute approximate surface area is 109 Å². The molecule has 104 valence electrons. The average Bonchev–Trinajstić information content (AvgIpc) is 2.36. The molecule has 1 unspecified atom stereocenters. The molecule has 5 heteroatoms. The molecule has 0 spiro atoms. The number of esters is 1. The fraction of sp³-hybridized carbons (Fsp3) is 0.846. The van der Waals surface area contributed by atoms with Crippen molar-refractivity contribution < 1.29 is 14.3 Å². The second-order valence-corrected chi connectivity index (χ2v) is 4.56. The van der Waals surface area contributed by atoms with Gasteiger partial charge in [-0.25, -0.2) is 0 Å². The minimum Gasteiger partial charge on any atom is -0.466 e. The zero-order valence-corrected chi connectivity index (χ0v) is 11.2. The van der Waals surface area contributed by atoms with Crippen molar-refractivity contribution in [3.8, 4) is 0 Å². The van der Waals surface area contributed by atoms with Gasteiger partial charge in [0, 0.05) is 13.0 Å². The molecule has 0 aliphatic carbocycles. The number of ether oxygens (including phenoxy) is 1. The van der Waals surface area contributed by atoms with Crippen molar-refractivity contribution in [2.45, 2.75) is 51.5 Å². The molecule has 1 amide bonds.